The van der Waals surface area contributed by atoms with Crippen LogP contribution in [-0.2, 0) is 23.1 Å². The van der Waals surface area contributed by atoms with Crippen molar-refractivity contribution in [3.8, 4) is 0 Å². The zero-order chi connectivity index (χ0) is 27.7. The molecule has 1 saturated heterocycles. The van der Waals surface area contributed by atoms with Gasteiger partial charge >= 0.3 is 6.03 Å². The van der Waals surface area contributed by atoms with Crippen molar-refractivity contribution in [3.63, 3.8) is 0 Å². The van der Waals surface area contributed by atoms with E-state index in [9.17, 15) is 23.2 Å². The molecule has 1 aliphatic heterocycles. The molecule has 1 aromatic carbocycles. The second kappa shape index (κ2) is 10.6. The lowest BCUT2D eigenvalue weighted by Crippen LogP contribution is -2.70. The molecule has 3 atom stereocenters. The van der Waals surface area contributed by atoms with Crippen molar-refractivity contribution in [3.05, 3.63) is 71.1 Å². The number of aromatic nitrogens is 3. The molecule has 1 fully saturated rings. The van der Waals surface area contributed by atoms with Gasteiger partial charge in [0, 0.05) is 37.5 Å². The number of pyridine rings is 1. The number of rotatable bonds is 7. The Kier molecular flexibility index (Phi) is 7.42. The fourth-order valence-corrected chi connectivity index (χ4v) is 4.71. The van der Waals surface area contributed by atoms with Crippen LogP contribution in [0.2, 0.25) is 0 Å². The zero-order valence-corrected chi connectivity index (χ0v) is 21.5. The first-order valence-electron chi connectivity index (χ1n) is 12.1. The SMILES string of the molecule is CC[C@@H](NC(=O)N1C(=O)[C@H](Cc2ccnc(N)c2)[C@H]1C(=O)N(C)c1ccnn1C)c1ccc(F)c(C)c1F. The zero-order valence-electron chi connectivity index (χ0n) is 21.5. The van der Waals surface area contributed by atoms with Crippen LogP contribution in [0, 0.1) is 24.5 Å². The Morgan fingerprint density at radius 3 is 2.58 bits per heavy atom. The van der Waals surface area contributed by atoms with Crippen molar-refractivity contribution in [2.75, 3.05) is 17.7 Å². The van der Waals surface area contributed by atoms with Gasteiger partial charge in [0.15, 0.2) is 0 Å². The number of hydrogen-bond donors (Lipinski definition) is 2. The highest BCUT2D eigenvalue weighted by atomic mass is 19.1. The number of anilines is 2. The molecule has 10 nitrogen and oxygen atoms in total. The van der Waals surface area contributed by atoms with Crippen LogP contribution in [0.4, 0.5) is 25.2 Å². The summed E-state index contributed by atoms with van der Waals surface area (Å²) in [6.45, 7) is 3.03. The Bertz CT molecular complexity index is 1390. The summed E-state index contributed by atoms with van der Waals surface area (Å²) in [4.78, 5) is 46.4. The van der Waals surface area contributed by atoms with E-state index in [1.165, 1.54) is 42.0 Å². The number of amides is 4. The van der Waals surface area contributed by atoms with Gasteiger partial charge in [-0.1, -0.05) is 13.0 Å². The van der Waals surface area contributed by atoms with Crippen molar-refractivity contribution < 1.29 is 23.2 Å². The molecule has 0 aliphatic carbocycles. The molecule has 0 spiro atoms. The molecule has 38 heavy (non-hydrogen) atoms. The highest BCUT2D eigenvalue weighted by Gasteiger charge is 2.55. The fourth-order valence-electron chi connectivity index (χ4n) is 4.71. The van der Waals surface area contributed by atoms with E-state index in [0.29, 0.717) is 11.4 Å². The molecule has 0 radical (unpaired) electrons. The quantitative estimate of drug-likeness (QED) is 0.457. The van der Waals surface area contributed by atoms with Crippen LogP contribution in [-0.4, -0.2) is 50.6 Å². The maximum absolute atomic E-state index is 14.8. The van der Waals surface area contributed by atoms with E-state index in [1.54, 1.807) is 32.2 Å². The number of halogens is 2. The Morgan fingerprint density at radius 2 is 1.95 bits per heavy atom. The number of nitrogen functional groups attached to an aromatic ring is 1. The monoisotopic (exact) mass is 525 g/mol. The second-order valence-corrected chi connectivity index (χ2v) is 9.25. The fraction of sp³-hybridized carbons (Fsp3) is 0.346. The highest BCUT2D eigenvalue weighted by molar-refractivity contribution is 6.12. The first kappa shape index (κ1) is 26.7. The van der Waals surface area contributed by atoms with Gasteiger partial charge in [-0.15, -0.1) is 0 Å². The van der Waals surface area contributed by atoms with E-state index in [2.05, 4.69) is 15.4 Å². The number of carbonyl (C=O) groups excluding carboxylic acids is 3. The van der Waals surface area contributed by atoms with Crippen LogP contribution in [0.1, 0.15) is 36.1 Å². The second-order valence-electron chi connectivity index (χ2n) is 9.25. The molecule has 2 aromatic heterocycles. The molecule has 1 aliphatic rings. The lowest BCUT2D eigenvalue weighted by molar-refractivity contribution is -0.156. The lowest BCUT2D eigenvalue weighted by atomic mass is 9.81. The minimum Gasteiger partial charge on any atom is -0.384 e. The average Bonchev–Trinajstić information content (AvgIpc) is 3.32. The van der Waals surface area contributed by atoms with Crippen molar-refractivity contribution >= 4 is 29.5 Å². The molecule has 200 valence electrons. The minimum atomic E-state index is -1.13. The number of aryl methyl sites for hydroxylation is 1. The number of likely N-dealkylation sites (tertiary alicyclic amines) is 1. The van der Waals surface area contributed by atoms with Gasteiger partial charge in [-0.2, -0.15) is 5.10 Å². The average molecular weight is 526 g/mol. The van der Waals surface area contributed by atoms with E-state index in [1.807, 2.05) is 0 Å². The molecule has 0 saturated carbocycles. The van der Waals surface area contributed by atoms with Crippen LogP contribution in [0.15, 0.2) is 42.7 Å². The van der Waals surface area contributed by atoms with Crippen molar-refractivity contribution in [2.24, 2.45) is 13.0 Å². The Hall–Kier alpha value is -4.35. The summed E-state index contributed by atoms with van der Waals surface area (Å²) in [5, 5.41) is 6.73. The topological polar surface area (TPSA) is 126 Å². The van der Waals surface area contributed by atoms with Crippen molar-refractivity contribution in [1.29, 1.82) is 0 Å². The standard InChI is InChI=1S/C26H29F2N7O3/c1-5-19(16-6-7-18(27)14(2)22(16)28)32-26(38)35-23(25(37)33(3)21-9-11-31-34(21)4)17(24(35)36)12-15-8-10-30-20(29)13-15/h6-11,13,17,19,23H,5,12H2,1-4H3,(H2,29,30)(H,32,38)/t17-,19-,23+/m1/s1. The summed E-state index contributed by atoms with van der Waals surface area (Å²) in [6, 6.07) is 4.50. The number of nitrogens with two attached hydrogens (primary N) is 1. The number of nitrogens with one attached hydrogen (secondary N) is 1. The van der Waals surface area contributed by atoms with E-state index < -0.39 is 47.5 Å². The number of benzene rings is 1. The van der Waals surface area contributed by atoms with Crippen molar-refractivity contribution in [2.45, 2.75) is 38.8 Å². The predicted octanol–water partition coefficient (Wildman–Crippen LogP) is 2.88. The van der Waals surface area contributed by atoms with E-state index in [-0.39, 0.29) is 29.8 Å². The highest BCUT2D eigenvalue weighted by Crippen LogP contribution is 2.34. The molecular weight excluding hydrogens is 496 g/mol. The largest absolute Gasteiger partial charge is 0.384 e. The number of imide groups is 1. The summed E-state index contributed by atoms with van der Waals surface area (Å²) in [6.07, 6.45) is 3.46. The number of β-lactam (4-membered cyclic amide) rings is 1. The van der Waals surface area contributed by atoms with Gasteiger partial charge in [-0.3, -0.25) is 24.1 Å². The summed E-state index contributed by atoms with van der Waals surface area (Å²) in [5.74, 6) is -2.63. The number of nitrogens with zero attached hydrogens (tertiary/aromatic N) is 5. The van der Waals surface area contributed by atoms with E-state index >= 15 is 0 Å². The molecule has 3 aromatic rings. The van der Waals surface area contributed by atoms with E-state index in [4.69, 9.17) is 5.73 Å². The maximum atomic E-state index is 14.8. The molecule has 4 amide bonds. The number of carbonyl (C=O) groups is 3. The molecule has 0 unspecified atom stereocenters. The van der Waals surface area contributed by atoms with E-state index in [0.717, 1.165) is 11.0 Å². The van der Waals surface area contributed by atoms with Crippen LogP contribution in [0.25, 0.3) is 0 Å². The van der Waals surface area contributed by atoms with Crippen LogP contribution >= 0.6 is 0 Å². The summed E-state index contributed by atoms with van der Waals surface area (Å²) in [5.41, 5.74) is 6.38. The molecule has 12 heteroatoms. The third-order valence-electron chi connectivity index (χ3n) is 6.89. The van der Waals surface area contributed by atoms with Gasteiger partial charge in [0.05, 0.1) is 18.2 Å². The van der Waals surface area contributed by atoms with Crippen molar-refractivity contribution in [1.82, 2.24) is 25.0 Å². The Morgan fingerprint density at radius 1 is 1.21 bits per heavy atom. The first-order valence-corrected chi connectivity index (χ1v) is 12.1. The first-order chi connectivity index (χ1) is 18.0. The minimum absolute atomic E-state index is 0.0893. The molecule has 3 N–H and O–H groups in total. The van der Waals surface area contributed by atoms with Gasteiger partial charge in [0.25, 0.3) is 5.91 Å². The third kappa shape index (κ3) is 4.81. The van der Waals surface area contributed by atoms with Gasteiger partial charge < -0.3 is 11.1 Å². The number of urea groups is 1. The molecular formula is C26H29F2N7O3. The molecule has 3 heterocycles. The van der Waals surface area contributed by atoms with Gasteiger partial charge in [0.2, 0.25) is 5.91 Å². The van der Waals surface area contributed by atoms with Crippen LogP contribution in [0.5, 0.6) is 0 Å². The van der Waals surface area contributed by atoms with Gasteiger partial charge in [-0.25, -0.2) is 18.6 Å². The molecule has 4 rings (SSSR count). The lowest BCUT2D eigenvalue weighted by Gasteiger charge is -2.46. The smallest absolute Gasteiger partial charge is 0.325 e. The summed E-state index contributed by atoms with van der Waals surface area (Å²) in [7, 11) is 3.20. The normalized spacial score (nSPS) is 17.6. The molecule has 0 bridgehead atoms. The van der Waals surface area contributed by atoms with Gasteiger partial charge in [-0.05, 0) is 43.5 Å². The summed E-state index contributed by atoms with van der Waals surface area (Å²) >= 11 is 0. The third-order valence-corrected chi connectivity index (χ3v) is 6.89. The van der Waals surface area contributed by atoms with Crippen LogP contribution in [0.3, 0.4) is 0 Å². The van der Waals surface area contributed by atoms with Gasteiger partial charge in [0.1, 0.15) is 29.3 Å². The number of hydrogen-bond acceptors (Lipinski definition) is 6. The number of likely N-dealkylation sites (N-methyl/N-ethyl adjacent to an activating group) is 1. The maximum Gasteiger partial charge on any atom is 0.325 e. The summed E-state index contributed by atoms with van der Waals surface area (Å²) < 4.78 is 30.1. The Labute approximate surface area is 218 Å². The predicted molar refractivity (Wildman–Crippen MR) is 136 cm³/mol. The van der Waals surface area contributed by atoms with Crippen LogP contribution < -0.4 is 16.0 Å². The Balaban J connectivity index is 1.63.